The second kappa shape index (κ2) is 12.3. The zero-order valence-corrected chi connectivity index (χ0v) is 27.2. The molecule has 0 amide bonds. The summed E-state index contributed by atoms with van der Waals surface area (Å²) in [7, 11) is 0. The molecule has 226 valence electrons. The Morgan fingerprint density at radius 3 is 1.87 bits per heavy atom. The fourth-order valence-corrected chi connectivity index (χ4v) is 6.67. The summed E-state index contributed by atoms with van der Waals surface area (Å²) in [6, 6.07) is 53.5. The molecule has 0 saturated carbocycles. The third-order valence-electron chi connectivity index (χ3n) is 9.37. The zero-order chi connectivity index (χ0) is 31.7. The van der Waals surface area contributed by atoms with Crippen molar-refractivity contribution < 1.29 is 0 Å². The largest absolute Gasteiger partial charge is 0.309 e. The molecule has 0 aliphatic heterocycles. The van der Waals surface area contributed by atoms with Crippen LogP contribution in [0.3, 0.4) is 0 Å². The van der Waals surface area contributed by atoms with Crippen molar-refractivity contribution in [2.45, 2.75) is 39.5 Å². The van der Waals surface area contributed by atoms with E-state index in [2.05, 4.69) is 190 Å². The van der Waals surface area contributed by atoms with Crippen LogP contribution < -0.4 is 0 Å². The van der Waals surface area contributed by atoms with Crippen LogP contribution in [0.25, 0.3) is 49.7 Å². The van der Waals surface area contributed by atoms with Gasteiger partial charge in [0, 0.05) is 21.9 Å². The number of hydrogen-bond acceptors (Lipinski definition) is 0. The molecule has 7 aromatic rings. The van der Waals surface area contributed by atoms with Crippen molar-refractivity contribution >= 4 is 21.8 Å². The third kappa shape index (κ3) is 5.70. The van der Waals surface area contributed by atoms with E-state index in [0.29, 0.717) is 5.92 Å². The van der Waals surface area contributed by atoms with Gasteiger partial charge >= 0.3 is 0 Å². The minimum Gasteiger partial charge on any atom is -0.309 e. The number of hydrogen-bond donors (Lipinski definition) is 0. The number of para-hydroxylation sites is 1. The quantitative estimate of drug-likeness (QED) is 0.154. The molecule has 0 spiro atoms. The van der Waals surface area contributed by atoms with Gasteiger partial charge in [-0.25, -0.2) is 0 Å². The molecule has 1 nitrogen and oxygen atoms in total. The lowest BCUT2D eigenvalue weighted by Gasteiger charge is -2.26. The Balaban J connectivity index is 1.21. The topological polar surface area (TPSA) is 4.93 Å². The molecule has 0 saturated heterocycles. The van der Waals surface area contributed by atoms with E-state index in [1.807, 2.05) is 0 Å². The lowest BCUT2D eigenvalue weighted by molar-refractivity contribution is 0.640. The van der Waals surface area contributed by atoms with E-state index >= 15 is 0 Å². The maximum Gasteiger partial charge on any atom is 0.0541 e. The maximum absolute atomic E-state index is 2.40. The van der Waals surface area contributed by atoms with Crippen molar-refractivity contribution in [3.63, 3.8) is 0 Å². The predicted molar refractivity (Wildman–Crippen MR) is 198 cm³/mol. The first-order valence-corrected chi connectivity index (χ1v) is 16.4. The number of allylic oxidation sites excluding steroid dienone is 2. The summed E-state index contributed by atoms with van der Waals surface area (Å²) in [4.78, 5) is 0. The van der Waals surface area contributed by atoms with Gasteiger partial charge in [-0.05, 0) is 81.6 Å². The molecule has 0 fully saturated rings. The summed E-state index contributed by atoms with van der Waals surface area (Å²) in [5.74, 6) is 0.589. The fraction of sp³-hybridized carbons (Fsp3) is 0.156. The smallest absolute Gasteiger partial charge is 0.0541 e. The van der Waals surface area contributed by atoms with E-state index in [0.717, 1.165) is 6.42 Å². The van der Waals surface area contributed by atoms with E-state index in [9.17, 15) is 0 Å². The summed E-state index contributed by atoms with van der Waals surface area (Å²) in [6.07, 6.45) is 5.54. The molecular weight excluding hydrogens is 555 g/mol. The van der Waals surface area contributed by atoms with Gasteiger partial charge in [0.25, 0.3) is 0 Å². The van der Waals surface area contributed by atoms with Crippen LogP contribution in [0.4, 0.5) is 0 Å². The summed E-state index contributed by atoms with van der Waals surface area (Å²) in [5.41, 5.74) is 12.4. The lowest BCUT2D eigenvalue weighted by Crippen LogP contribution is -2.18. The van der Waals surface area contributed by atoms with Gasteiger partial charge < -0.3 is 4.57 Å². The average Bonchev–Trinajstić information content (AvgIpc) is 3.42. The van der Waals surface area contributed by atoms with Crippen LogP contribution >= 0.6 is 0 Å². The third-order valence-corrected chi connectivity index (χ3v) is 9.37. The Labute approximate surface area is 273 Å². The summed E-state index contributed by atoms with van der Waals surface area (Å²) in [5, 5.41) is 2.54. The summed E-state index contributed by atoms with van der Waals surface area (Å²) < 4.78 is 2.40. The molecule has 0 N–H and O–H groups in total. The Hall–Kier alpha value is -5.14. The standard InChI is InChI=1S/C45H41N/c1-32(2)12-10-13-33-20-25-38(26-21-33)45(3,4)39-27-22-35(23-28-39)37-24-29-44-42(31-37)41-18-8-9-19-43(41)46(44)40-17-11-16-36(30-40)34-14-6-5-7-15-34/h5-12,14-32H,13H2,1-4H3/b12-10-. The Morgan fingerprint density at radius 2 is 1.13 bits per heavy atom. The van der Waals surface area contributed by atoms with Gasteiger partial charge in [0.15, 0.2) is 0 Å². The molecule has 7 rings (SSSR count). The number of benzene rings is 6. The minimum absolute atomic E-state index is 0.0868. The number of fused-ring (bicyclic) bond motifs is 3. The van der Waals surface area contributed by atoms with Gasteiger partial charge in [-0.15, -0.1) is 0 Å². The van der Waals surface area contributed by atoms with Crippen molar-refractivity contribution in [2.75, 3.05) is 0 Å². The Morgan fingerprint density at radius 1 is 0.543 bits per heavy atom. The molecule has 0 bridgehead atoms. The van der Waals surface area contributed by atoms with E-state index in [1.165, 1.54) is 66.4 Å². The van der Waals surface area contributed by atoms with Crippen molar-refractivity contribution in [1.82, 2.24) is 4.57 Å². The van der Waals surface area contributed by atoms with Gasteiger partial charge in [-0.1, -0.05) is 155 Å². The fourth-order valence-electron chi connectivity index (χ4n) is 6.67. The minimum atomic E-state index is -0.0868. The SMILES string of the molecule is CC(C)/C=C\Cc1ccc(C(C)(C)c2ccc(-c3ccc4c(c3)c3ccccc3n4-c3cccc(-c4ccccc4)c3)cc2)cc1. The molecule has 46 heavy (non-hydrogen) atoms. The van der Waals surface area contributed by atoms with Crippen molar-refractivity contribution in [3.05, 3.63) is 174 Å². The van der Waals surface area contributed by atoms with Crippen LogP contribution in [-0.4, -0.2) is 4.57 Å². The molecule has 0 aliphatic carbocycles. The normalized spacial score (nSPS) is 12.1. The van der Waals surface area contributed by atoms with Crippen LogP contribution in [0.2, 0.25) is 0 Å². The molecule has 6 aromatic carbocycles. The van der Waals surface area contributed by atoms with Crippen molar-refractivity contribution in [2.24, 2.45) is 5.92 Å². The summed E-state index contributed by atoms with van der Waals surface area (Å²) in [6.45, 7) is 9.09. The van der Waals surface area contributed by atoms with E-state index < -0.39 is 0 Å². The van der Waals surface area contributed by atoms with Gasteiger partial charge in [0.2, 0.25) is 0 Å². The maximum atomic E-state index is 2.40. The second-order valence-electron chi connectivity index (χ2n) is 13.3. The van der Waals surface area contributed by atoms with E-state index in [1.54, 1.807) is 0 Å². The first kappa shape index (κ1) is 29.6. The number of rotatable bonds is 8. The van der Waals surface area contributed by atoms with Gasteiger partial charge in [0.1, 0.15) is 0 Å². The van der Waals surface area contributed by atoms with Crippen molar-refractivity contribution in [1.29, 1.82) is 0 Å². The Kier molecular flexibility index (Phi) is 7.93. The molecule has 1 heteroatoms. The second-order valence-corrected chi connectivity index (χ2v) is 13.3. The van der Waals surface area contributed by atoms with Crippen LogP contribution in [0.15, 0.2) is 158 Å². The molecule has 0 aliphatic rings. The molecule has 1 aromatic heterocycles. The van der Waals surface area contributed by atoms with E-state index in [-0.39, 0.29) is 5.41 Å². The number of nitrogens with zero attached hydrogens (tertiary/aromatic N) is 1. The highest BCUT2D eigenvalue weighted by molar-refractivity contribution is 6.10. The Bertz CT molecular complexity index is 2140. The highest BCUT2D eigenvalue weighted by Gasteiger charge is 2.23. The lowest BCUT2D eigenvalue weighted by atomic mass is 9.77. The first-order valence-electron chi connectivity index (χ1n) is 16.4. The van der Waals surface area contributed by atoms with Crippen LogP contribution in [0.1, 0.15) is 44.4 Å². The van der Waals surface area contributed by atoms with Crippen LogP contribution in [0, 0.1) is 5.92 Å². The van der Waals surface area contributed by atoms with Gasteiger partial charge in [0.05, 0.1) is 11.0 Å². The van der Waals surface area contributed by atoms with Crippen molar-refractivity contribution in [3.8, 4) is 27.9 Å². The zero-order valence-electron chi connectivity index (χ0n) is 27.2. The highest BCUT2D eigenvalue weighted by atomic mass is 15.0. The summed E-state index contributed by atoms with van der Waals surface area (Å²) >= 11 is 0. The van der Waals surface area contributed by atoms with Gasteiger partial charge in [-0.3, -0.25) is 0 Å². The molecule has 1 heterocycles. The van der Waals surface area contributed by atoms with Crippen LogP contribution in [0.5, 0.6) is 0 Å². The van der Waals surface area contributed by atoms with Gasteiger partial charge in [-0.2, -0.15) is 0 Å². The molecule has 0 radical (unpaired) electrons. The average molecular weight is 596 g/mol. The molecule has 0 atom stereocenters. The van der Waals surface area contributed by atoms with E-state index in [4.69, 9.17) is 0 Å². The number of aromatic nitrogens is 1. The van der Waals surface area contributed by atoms with Crippen LogP contribution in [-0.2, 0) is 11.8 Å². The predicted octanol–water partition coefficient (Wildman–Crippen LogP) is 12.2. The highest BCUT2D eigenvalue weighted by Crippen LogP contribution is 2.37. The first-order chi connectivity index (χ1) is 22.4. The molecule has 0 unspecified atom stereocenters. The molecular formula is C45H41N. The monoisotopic (exact) mass is 595 g/mol.